The number of nitrogens with one attached hydrogen (secondary N) is 2. The van der Waals surface area contributed by atoms with Crippen LogP contribution < -0.4 is 10.0 Å². The molecule has 1 fully saturated rings. The number of carbonyl (C=O) groups is 3. The number of aryl methyl sites for hydroxylation is 1. The summed E-state index contributed by atoms with van der Waals surface area (Å²) in [4.78, 5) is 35.6. The quantitative estimate of drug-likeness (QED) is 0.383. The van der Waals surface area contributed by atoms with Crippen LogP contribution in [0.4, 0.5) is 5.69 Å². The second-order valence-electron chi connectivity index (χ2n) is 8.14. The molecule has 1 aliphatic heterocycles. The third-order valence-electron chi connectivity index (χ3n) is 5.54. The minimum atomic E-state index is -3.98. The van der Waals surface area contributed by atoms with Crippen LogP contribution in [0.15, 0.2) is 35.2 Å². The Bertz CT molecular complexity index is 1160. The van der Waals surface area contributed by atoms with E-state index in [0.717, 1.165) is 30.8 Å². The van der Waals surface area contributed by atoms with E-state index < -0.39 is 29.1 Å². The summed E-state index contributed by atoms with van der Waals surface area (Å²) >= 11 is 0. The lowest BCUT2D eigenvalue weighted by molar-refractivity contribution is -0.141. The van der Waals surface area contributed by atoms with Crippen molar-refractivity contribution in [2.45, 2.75) is 51.2 Å². The summed E-state index contributed by atoms with van der Waals surface area (Å²) in [5.41, 5.74) is 2.60. The molecule has 0 bridgehead atoms. The summed E-state index contributed by atoms with van der Waals surface area (Å²) < 4.78 is 39.6. The highest BCUT2D eigenvalue weighted by atomic mass is 32.2. The van der Waals surface area contributed by atoms with Crippen LogP contribution in [0.1, 0.15) is 41.5 Å². The molecule has 0 saturated carbocycles. The maximum atomic E-state index is 12.6. The number of ketones is 1. The Morgan fingerprint density at radius 1 is 1.18 bits per heavy atom. The van der Waals surface area contributed by atoms with Gasteiger partial charge in [-0.3, -0.25) is 14.4 Å². The first-order valence-corrected chi connectivity index (χ1v) is 12.4. The number of hydrogen-bond donors (Lipinski definition) is 2. The molecule has 1 aromatic carbocycles. The molecule has 0 aliphatic carbocycles. The fourth-order valence-electron chi connectivity index (χ4n) is 3.79. The van der Waals surface area contributed by atoms with Crippen molar-refractivity contribution in [3.05, 3.63) is 47.3 Å². The van der Waals surface area contributed by atoms with Crippen LogP contribution in [0.2, 0.25) is 0 Å². The largest absolute Gasteiger partial charge is 0.456 e. The van der Waals surface area contributed by atoms with E-state index in [-0.39, 0.29) is 22.7 Å². The second kappa shape index (κ2) is 10.9. The topological polar surface area (TPSA) is 133 Å². The fraction of sp³-hybridized carbons (Fsp3) is 0.435. The van der Waals surface area contributed by atoms with Gasteiger partial charge in [0.2, 0.25) is 21.7 Å². The Kier molecular flexibility index (Phi) is 8.24. The second-order valence-corrected chi connectivity index (χ2v) is 9.91. The van der Waals surface area contributed by atoms with Crippen LogP contribution in [0.25, 0.3) is 0 Å². The average molecular weight is 492 g/mol. The van der Waals surface area contributed by atoms with E-state index in [1.165, 1.54) is 31.2 Å². The molecule has 2 aromatic rings. The summed E-state index contributed by atoms with van der Waals surface area (Å²) in [6, 6.07) is 7.22. The number of hydrogen-bond acceptors (Lipinski definition) is 7. The van der Waals surface area contributed by atoms with Gasteiger partial charge in [0, 0.05) is 42.7 Å². The van der Waals surface area contributed by atoms with Gasteiger partial charge in [-0.1, -0.05) is 0 Å². The van der Waals surface area contributed by atoms with Gasteiger partial charge in [0.15, 0.2) is 6.61 Å². The van der Waals surface area contributed by atoms with Gasteiger partial charge >= 0.3 is 5.97 Å². The molecular formula is C23H29N3O7S. The molecule has 3 rings (SSSR count). The molecular weight excluding hydrogens is 462 g/mol. The maximum Gasteiger partial charge on any atom is 0.321 e. The van der Waals surface area contributed by atoms with Crippen LogP contribution in [-0.4, -0.2) is 56.5 Å². The van der Waals surface area contributed by atoms with Crippen molar-refractivity contribution in [3.8, 4) is 0 Å². The Morgan fingerprint density at radius 2 is 1.88 bits per heavy atom. The Balaban J connectivity index is 1.51. The summed E-state index contributed by atoms with van der Waals surface area (Å²) in [7, 11) is -3.98. The number of sulfonamides is 1. The molecule has 34 heavy (non-hydrogen) atoms. The normalized spacial score (nSPS) is 15.8. The predicted octanol–water partition coefficient (Wildman–Crippen LogP) is 1.95. The molecule has 1 atom stereocenters. The number of anilines is 1. The standard InChI is InChI=1S/C23H29N3O7S/c1-15-11-21(16(2)26(15)13-19-5-4-10-32-19)22(28)14-33-23(29)12-24-34(30,31)20-8-6-18(7-9-20)25-17(3)27/h6-9,11,19,24H,4-5,10,12-14H2,1-3H3,(H,25,27)/t19-/m1/s1. The zero-order valence-corrected chi connectivity index (χ0v) is 20.2. The molecule has 0 radical (unpaired) electrons. The third-order valence-corrected chi connectivity index (χ3v) is 6.96. The summed E-state index contributed by atoms with van der Waals surface area (Å²) in [6.45, 7) is 5.38. The molecule has 2 heterocycles. The van der Waals surface area contributed by atoms with Crippen molar-refractivity contribution < 1.29 is 32.3 Å². The van der Waals surface area contributed by atoms with Crippen molar-refractivity contribution in [1.82, 2.24) is 9.29 Å². The van der Waals surface area contributed by atoms with Gasteiger partial charge in [-0.15, -0.1) is 0 Å². The van der Waals surface area contributed by atoms with Crippen LogP contribution in [0, 0.1) is 13.8 Å². The lowest BCUT2D eigenvalue weighted by Gasteiger charge is -2.14. The molecule has 0 unspecified atom stereocenters. The van der Waals surface area contributed by atoms with E-state index in [4.69, 9.17) is 9.47 Å². The zero-order valence-electron chi connectivity index (χ0n) is 19.4. The average Bonchev–Trinajstić information content (AvgIpc) is 3.40. The highest BCUT2D eigenvalue weighted by Crippen LogP contribution is 2.21. The number of esters is 1. The maximum absolute atomic E-state index is 12.6. The number of ether oxygens (including phenoxy) is 2. The van der Waals surface area contributed by atoms with E-state index in [9.17, 15) is 22.8 Å². The number of rotatable bonds is 10. The van der Waals surface area contributed by atoms with Gasteiger partial charge < -0.3 is 19.4 Å². The fourth-order valence-corrected chi connectivity index (χ4v) is 4.76. The predicted molar refractivity (Wildman–Crippen MR) is 124 cm³/mol. The highest BCUT2D eigenvalue weighted by Gasteiger charge is 2.22. The smallest absolute Gasteiger partial charge is 0.321 e. The first kappa shape index (κ1) is 25.6. The van der Waals surface area contributed by atoms with Crippen LogP contribution in [0.3, 0.4) is 0 Å². The zero-order chi connectivity index (χ0) is 24.9. The molecule has 0 spiro atoms. The van der Waals surface area contributed by atoms with Gasteiger partial charge in [0.1, 0.15) is 6.54 Å². The van der Waals surface area contributed by atoms with Crippen molar-refractivity contribution >= 4 is 33.4 Å². The first-order valence-electron chi connectivity index (χ1n) is 10.9. The molecule has 10 nitrogen and oxygen atoms in total. The molecule has 1 aromatic heterocycles. The summed E-state index contributed by atoms with van der Waals surface area (Å²) in [5.74, 6) is -1.52. The number of benzene rings is 1. The van der Waals surface area contributed by atoms with Gasteiger partial charge in [-0.25, -0.2) is 8.42 Å². The van der Waals surface area contributed by atoms with Gasteiger partial charge in [0.25, 0.3) is 0 Å². The van der Waals surface area contributed by atoms with E-state index in [1.807, 2.05) is 18.4 Å². The molecule has 1 saturated heterocycles. The summed E-state index contributed by atoms with van der Waals surface area (Å²) in [5, 5.41) is 2.53. The van der Waals surface area contributed by atoms with Gasteiger partial charge in [-0.05, 0) is 57.0 Å². The number of nitrogens with zero attached hydrogens (tertiary/aromatic N) is 1. The highest BCUT2D eigenvalue weighted by molar-refractivity contribution is 7.89. The monoisotopic (exact) mass is 491 g/mol. The molecule has 184 valence electrons. The lowest BCUT2D eigenvalue weighted by Crippen LogP contribution is -2.31. The lowest BCUT2D eigenvalue weighted by atomic mass is 10.1. The molecule has 1 amide bonds. The van der Waals surface area contributed by atoms with Crippen molar-refractivity contribution in [2.75, 3.05) is 25.1 Å². The van der Waals surface area contributed by atoms with E-state index >= 15 is 0 Å². The third kappa shape index (κ3) is 6.52. The Morgan fingerprint density at radius 3 is 2.50 bits per heavy atom. The summed E-state index contributed by atoms with van der Waals surface area (Å²) in [6.07, 6.45) is 2.13. The minimum absolute atomic E-state index is 0.0795. The number of amides is 1. The number of aromatic nitrogens is 1. The molecule has 2 N–H and O–H groups in total. The Labute approximate surface area is 198 Å². The van der Waals surface area contributed by atoms with Crippen molar-refractivity contribution in [1.29, 1.82) is 0 Å². The van der Waals surface area contributed by atoms with Crippen LogP contribution in [0.5, 0.6) is 0 Å². The van der Waals surface area contributed by atoms with Crippen molar-refractivity contribution in [2.24, 2.45) is 0 Å². The molecule has 1 aliphatic rings. The van der Waals surface area contributed by atoms with Crippen molar-refractivity contribution in [3.63, 3.8) is 0 Å². The SMILES string of the molecule is CC(=O)Nc1ccc(S(=O)(=O)NCC(=O)OCC(=O)c2cc(C)n(C[C@H]3CCCO3)c2C)cc1. The van der Waals surface area contributed by atoms with Gasteiger partial charge in [0.05, 0.1) is 11.0 Å². The van der Waals surface area contributed by atoms with Gasteiger partial charge in [-0.2, -0.15) is 4.72 Å². The van der Waals surface area contributed by atoms with E-state index in [0.29, 0.717) is 17.8 Å². The van der Waals surface area contributed by atoms with E-state index in [1.54, 1.807) is 6.07 Å². The van der Waals surface area contributed by atoms with Crippen LogP contribution >= 0.6 is 0 Å². The Hall–Kier alpha value is -3.02. The number of Topliss-reactive ketones (excluding diaryl/α,β-unsaturated/α-hetero) is 1. The number of carbonyl (C=O) groups excluding carboxylic acids is 3. The van der Waals surface area contributed by atoms with Crippen LogP contribution in [-0.2, 0) is 35.6 Å². The minimum Gasteiger partial charge on any atom is -0.456 e. The molecule has 11 heteroatoms. The first-order chi connectivity index (χ1) is 16.1. The van der Waals surface area contributed by atoms with E-state index in [2.05, 4.69) is 10.0 Å².